The van der Waals surface area contributed by atoms with Gasteiger partial charge in [0, 0.05) is 44.1 Å². The van der Waals surface area contributed by atoms with E-state index in [1.165, 1.54) is 5.69 Å². The predicted molar refractivity (Wildman–Crippen MR) is 80.2 cm³/mol. The molecule has 0 aromatic carbocycles. The molecule has 2 rings (SSSR count). The molecule has 1 saturated heterocycles. The van der Waals surface area contributed by atoms with Crippen LogP contribution in [0.4, 0.5) is 0 Å². The highest BCUT2D eigenvalue weighted by atomic mass is 16.1. The van der Waals surface area contributed by atoms with Crippen LogP contribution in [0.3, 0.4) is 0 Å². The van der Waals surface area contributed by atoms with Crippen molar-refractivity contribution < 1.29 is 4.79 Å². The lowest BCUT2D eigenvalue weighted by Crippen LogP contribution is -2.45. The van der Waals surface area contributed by atoms with Crippen LogP contribution in [0.25, 0.3) is 0 Å². The number of aryl methyl sites for hydroxylation is 1. The van der Waals surface area contributed by atoms with Crippen LogP contribution in [0.2, 0.25) is 0 Å². The van der Waals surface area contributed by atoms with Crippen LogP contribution in [0.1, 0.15) is 31.9 Å². The van der Waals surface area contributed by atoms with E-state index in [1.807, 2.05) is 0 Å². The molecular weight excluding hydrogens is 252 g/mol. The van der Waals surface area contributed by atoms with Crippen molar-refractivity contribution in [3.63, 3.8) is 0 Å². The fraction of sp³-hybridized carbons (Fsp3) is 0.667. The molecule has 1 amide bonds. The summed E-state index contributed by atoms with van der Waals surface area (Å²) in [4.78, 5) is 13.0. The summed E-state index contributed by atoms with van der Waals surface area (Å²) in [6.07, 6.45) is 5.48. The molecule has 0 bridgehead atoms. The summed E-state index contributed by atoms with van der Waals surface area (Å²) < 4.78 is 2.31. The van der Waals surface area contributed by atoms with Gasteiger partial charge in [-0.15, -0.1) is 0 Å². The number of amides is 1. The molecule has 20 heavy (non-hydrogen) atoms. The average molecular weight is 278 g/mol. The topological polar surface area (TPSA) is 63.3 Å². The number of nitrogens with two attached hydrogens (primary N) is 1. The molecule has 3 N–H and O–H groups in total. The Morgan fingerprint density at radius 3 is 2.85 bits per heavy atom. The van der Waals surface area contributed by atoms with Gasteiger partial charge in [-0.2, -0.15) is 0 Å². The van der Waals surface area contributed by atoms with Crippen molar-refractivity contribution in [2.45, 2.75) is 45.3 Å². The van der Waals surface area contributed by atoms with Gasteiger partial charge >= 0.3 is 0 Å². The lowest BCUT2D eigenvalue weighted by molar-refractivity contribution is -0.119. The summed E-state index contributed by atoms with van der Waals surface area (Å²) in [5.41, 5.74) is 6.58. The smallest absolute Gasteiger partial charge is 0.231 e. The first-order chi connectivity index (χ1) is 9.69. The summed E-state index contributed by atoms with van der Waals surface area (Å²) >= 11 is 0. The van der Waals surface area contributed by atoms with E-state index in [0.29, 0.717) is 12.6 Å². The lowest BCUT2D eigenvalue weighted by Gasteiger charge is -2.31. The second kappa shape index (κ2) is 7.45. The number of aromatic nitrogens is 1. The number of rotatable bonds is 7. The van der Waals surface area contributed by atoms with Crippen LogP contribution in [-0.4, -0.2) is 41.1 Å². The Labute approximate surface area is 121 Å². The van der Waals surface area contributed by atoms with Crippen molar-refractivity contribution in [1.29, 1.82) is 0 Å². The van der Waals surface area contributed by atoms with E-state index in [1.54, 1.807) is 0 Å². The Balaban J connectivity index is 1.73. The van der Waals surface area contributed by atoms with Crippen LogP contribution in [0, 0.1) is 0 Å². The molecule has 2 heterocycles. The molecular formula is C15H26N4O. The van der Waals surface area contributed by atoms with Gasteiger partial charge in [-0.3, -0.25) is 9.69 Å². The fourth-order valence-corrected chi connectivity index (χ4v) is 2.83. The fourth-order valence-electron chi connectivity index (χ4n) is 2.83. The van der Waals surface area contributed by atoms with Crippen LogP contribution >= 0.6 is 0 Å². The van der Waals surface area contributed by atoms with Gasteiger partial charge < -0.3 is 15.6 Å². The van der Waals surface area contributed by atoms with Crippen molar-refractivity contribution in [3.05, 3.63) is 24.0 Å². The monoisotopic (exact) mass is 278 g/mol. The molecule has 1 aliphatic rings. The maximum absolute atomic E-state index is 10.9. The van der Waals surface area contributed by atoms with Gasteiger partial charge in [0.05, 0.1) is 6.54 Å². The van der Waals surface area contributed by atoms with Crippen molar-refractivity contribution >= 4 is 5.91 Å². The van der Waals surface area contributed by atoms with Crippen molar-refractivity contribution in [1.82, 2.24) is 14.8 Å². The Hall–Kier alpha value is -1.33. The first-order valence-electron chi connectivity index (χ1n) is 7.57. The molecule has 0 atom stereocenters. The third kappa shape index (κ3) is 4.35. The molecule has 1 aliphatic heterocycles. The third-order valence-electron chi connectivity index (χ3n) is 3.93. The molecule has 112 valence electrons. The molecule has 5 heteroatoms. The van der Waals surface area contributed by atoms with E-state index in [-0.39, 0.29) is 5.91 Å². The van der Waals surface area contributed by atoms with Crippen molar-refractivity contribution in [2.24, 2.45) is 5.73 Å². The maximum atomic E-state index is 10.9. The Kier molecular flexibility index (Phi) is 5.61. The molecule has 0 spiro atoms. The van der Waals surface area contributed by atoms with Gasteiger partial charge in [0.25, 0.3) is 0 Å². The Morgan fingerprint density at radius 1 is 1.45 bits per heavy atom. The highest BCUT2D eigenvalue weighted by molar-refractivity contribution is 5.75. The van der Waals surface area contributed by atoms with Gasteiger partial charge in [0.1, 0.15) is 0 Å². The number of likely N-dealkylation sites (tertiary alicyclic amines) is 1. The minimum absolute atomic E-state index is 0.228. The second-order valence-corrected chi connectivity index (χ2v) is 5.59. The first-order valence-corrected chi connectivity index (χ1v) is 7.57. The molecule has 1 fully saturated rings. The van der Waals surface area contributed by atoms with E-state index in [9.17, 15) is 4.79 Å². The van der Waals surface area contributed by atoms with E-state index in [0.717, 1.165) is 45.4 Å². The highest BCUT2D eigenvalue weighted by Crippen LogP contribution is 2.11. The van der Waals surface area contributed by atoms with Crippen LogP contribution in [0.15, 0.2) is 18.3 Å². The second-order valence-electron chi connectivity index (χ2n) is 5.59. The van der Waals surface area contributed by atoms with E-state index >= 15 is 0 Å². The summed E-state index contributed by atoms with van der Waals surface area (Å²) in [7, 11) is 0. The zero-order valence-electron chi connectivity index (χ0n) is 12.3. The summed E-state index contributed by atoms with van der Waals surface area (Å²) in [5.74, 6) is -0.228. The molecule has 0 unspecified atom stereocenters. The normalized spacial score (nSPS) is 17.4. The Morgan fingerprint density at radius 2 is 2.20 bits per heavy atom. The quantitative estimate of drug-likeness (QED) is 0.780. The molecule has 1 aromatic rings. The minimum atomic E-state index is -0.228. The zero-order chi connectivity index (χ0) is 14.4. The number of nitrogens with one attached hydrogen (secondary N) is 1. The lowest BCUT2D eigenvalue weighted by atomic mass is 10.0. The van der Waals surface area contributed by atoms with Gasteiger partial charge in [0.2, 0.25) is 5.91 Å². The number of hydrogen-bond acceptors (Lipinski definition) is 3. The molecule has 5 nitrogen and oxygen atoms in total. The summed E-state index contributed by atoms with van der Waals surface area (Å²) in [6, 6.07) is 4.84. The van der Waals surface area contributed by atoms with E-state index in [2.05, 4.69) is 40.0 Å². The minimum Gasteiger partial charge on any atom is -0.369 e. The van der Waals surface area contributed by atoms with Crippen LogP contribution < -0.4 is 11.1 Å². The van der Waals surface area contributed by atoms with E-state index < -0.39 is 0 Å². The number of piperidine rings is 1. The number of nitrogens with zero attached hydrogens (tertiary/aromatic N) is 2. The summed E-state index contributed by atoms with van der Waals surface area (Å²) in [6.45, 7) is 6.51. The SMILES string of the molecule is CCCn1cccc1CNC1CCN(CC(N)=O)CC1. The first kappa shape index (κ1) is 15.1. The van der Waals surface area contributed by atoms with Gasteiger partial charge in [0.15, 0.2) is 0 Å². The maximum Gasteiger partial charge on any atom is 0.231 e. The van der Waals surface area contributed by atoms with Crippen molar-refractivity contribution in [2.75, 3.05) is 19.6 Å². The van der Waals surface area contributed by atoms with Gasteiger partial charge in [-0.05, 0) is 31.4 Å². The molecule has 0 saturated carbocycles. The number of hydrogen-bond donors (Lipinski definition) is 2. The van der Waals surface area contributed by atoms with Crippen LogP contribution in [-0.2, 0) is 17.9 Å². The Bertz CT molecular complexity index is 421. The number of carbonyl (C=O) groups is 1. The van der Waals surface area contributed by atoms with Crippen LogP contribution in [0.5, 0.6) is 0 Å². The largest absolute Gasteiger partial charge is 0.369 e. The van der Waals surface area contributed by atoms with Crippen molar-refractivity contribution in [3.8, 4) is 0 Å². The zero-order valence-corrected chi connectivity index (χ0v) is 12.3. The summed E-state index contributed by atoms with van der Waals surface area (Å²) in [5, 5.41) is 3.63. The molecule has 0 radical (unpaired) electrons. The average Bonchev–Trinajstić information content (AvgIpc) is 2.85. The number of primary amides is 1. The predicted octanol–water partition coefficient (Wildman–Crippen LogP) is 0.937. The molecule has 1 aromatic heterocycles. The highest BCUT2D eigenvalue weighted by Gasteiger charge is 2.19. The van der Waals surface area contributed by atoms with E-state index in [4.69, 9.17) is 5.73 Å². The third-order valence-corrected chi connectivity index (χ3v) is 3.93. The molecule has 0 aliphatic carbocycles. The number of carbonyl (C=O) groups excluding carboxylic acids is 1. The van der Waals surface area contributed by atoms with Gasteiger partial charge in [-0.1, -0.05) is 6.92 Å². The standard InChI is InChI=1S/C15H26N4O/c1-2-7-19-8-3-4-14(19)11-17-13-5-9-18(10-6-13)12-15(16)20/h3-4,8,13,17H,2,5-7,9-12H2,1H3,(H2,16,20). The van der Waals surface area contributed by atoms with Gasteiger partial charge in [-0.25, -0.2) is 0 Å².